The maximum absolute atomic E-state index is 5.49. The Morgan fingerprint density at radius 2 is 1.75 bits per heavy atom. The maximum atomic E-state index is 5.49. The van der Waals surface area contributed by atoms with E-state index in [-0.39, 0.29) is 0 Å². The van der Waals surface area contributed by atoms with Gasteiger partial charge in [-0.25, -0.2) is 0 Å². The Labute approximate surface area is 122 Å². The van der Waals surface area contributed by atoms with E-state index in [1.54, 1.807) is 25.6 Å². The first kappa shape index (κ1) is 13.0. The van der Waals surface area contributed by atoms with Crippen molar-refractivity contribution >= 4 is 21.4 Å². The van der Waals surface area contributed by atoms with Gasteiger partial charge in [0.05, 0.1) is 14.2 Å². The van der Waals surface area contributed by atoms with Crippen molar-refractivity contribution < 1.29 is 9.47 Å². The highest BCUT2D eigenvalue weighted by Crippen LogP contribution is 2.39. The fourth-order valence-electron chi connectivity index (χ4n) is 2.27. The van der Waals surface area contributed by atoms with E-state index in [1.807, 2.05) is 12.1 Å². The van der Waals surface area contributed by atoms with Crippen LogP contribution >= 0.6 is 11.3 Å². The summed E-state index contributed by atoms with van der Waals surface area (Å²) < 4.78 is 12.0. The Bertz CT molecular complexity index is 759. The van der Waals surface area contributed by atoms with E-state index in [0.29, 0.717) is 0 Å². The van der Waals surface area contributed by atoms with Crippen molar-refractivity contribution in [1.29, 1.82) is 0 Å². The molecule has 0 unspecified atom stereocenters. The van der Waals surface area contributed by atoms with Crippen LogP contribution in [0.3, 0.4) is 0 Å². The molecule has 2 aromatic carbocycles. The van der Waals surface area contributed by atoms with Crippen LogP contribution in [0.2, 0.25) is 0 Å². The quantitative estimate of drug-likeness (QED) is 0.681. The molecule has 0 saturated heterocycles. The SMILES string of the molecule is COc1ccc(-c2cc3ccc(C)cc3s2)c(OC)c1. The lowest BCUT2D eigenvalue weighted by Gasteiger charge is -2.08. The van der Waals surface area contributed by atoms with Gasteiger partial charge in [-0.05, 0) is 42.1 Å². The van der Waals surface area contributed by atoms with Gasteiger partial charge in [-0.2, -0.15) is 0 Å². The van der Waals surface area contributed by atoms with Crippen LogP contribution in [0.5, 0.6) is 11.5 Å². The van der Waals surface area contributed by atoms with Crippen LogP contribution in [-0.4, -0.2) is 14.2 Å². The zero-order valence-corrected chi connectivity index (χ0v) is 12.6. The van der Waals surface area contributed by atoms with E-state index >= 15 is 0 Å². The molecule has 0 atom stereocenters. The third-order valence-electron chi connectivity index (χ3n) is 3.35. The number of thiophene rings is 1. The van der Waals surface area contributed by atoms with Gasteiger partial charge in [0.15, 0.2) is 0 Å². The summed E-state index contributed by atoms with van der Waals surface area (Å²) in [5.74, 6) is 1.65. The molecule has 1 heterocycles. The molecule has 0 fully saturated rings. The van der Waals surface area contributed by atoms with E-state index in [4.69, 9.17) is 9.47 Å². The number of methoxy groups -OCH3 is 2. The molecule has 2 nitrogen and oxygen atoms in total. The lowest BCUT2D eigenvalue weighted by atomic mass is 10.1. The minimum atomic E-state index is 0.808. The zero-order valence-electron chi connectivity index (χ0n) is 11.8. The fourth-order valence-corrected chi connectivity index (χ4v) is 3.46. The smallest absolute Gasteiger partial charge is 0.131 e. The highest BCUT2D eigenvalue weighted by atomic mass is 32.1. The van der Waals surface area contributed by atoms with Gasteiger partial charge in [0.1, 0.15) is 11.5 Å². The van der Waals surface area contributed by atoms with E-state index in [2.05, 4.69) is 37.3 Å². The lowest BCUT2D eigenvalue weighted by Crippen LogP contribution is -1.89. The van der Waals surface area contributed by atoms with Crippen molar-refractivity contribution in [3.8, 4) is 21.9 Å². The van der Waals surface area contributed by atoms with Gasteiger partial charge in [-0.3, -0.25) is 0 Å². The molecule has 102 valence electrons. The van der Waals surface area contributed by atoms with Crippen LogP contribution in [0.25, 0.3) is 20.5 Å². The maximum Gasteiger partial charge on any atom is 0.131 e. The summed E-state index contributed by atoms with van der Waals surface area (Å²) in [7, 11) is 3.35. The average molecular weight is 284 g/mol. The molecule has 20 heavy (non-hydrogen) atoms. The van der Waals surface area contributed by atoms with Gasteiger partial charge < -0.3 is 9.47 Å². The lowest BCUT2D eigenvalue weighted by molar-refractivity contribution is 0.395. The molecule has 0 spiro atoms. The highest BCUT2D eigenvalue weighted by Gasteiger charge is 2.10. The second-order valence-electron chi connectivity index (χ2n) is 4.72. The molecule has 0 radical (unpaired) electrons. The predicted octanol–water partition coefficient (Wildman–Crippen LogP) is 4.89. The van der Waals surface area contributed by atoms with Crippen LogP contribution in [0.4, 0.5) is 0 Å². The number of rotatable bonds is 3. The van der Waals surface area contributed by atoms with Crippen LogP contribution in [0.1, 0.15) is 5.56 Å². The number of aryl methyl sites for hydroxylation is 1. The number of hydrogen-bond donors (Lipinski definition) is 0. The first-order valence-corrected chi connectivity index (χ1v) is 7.25. The third kappa shape index (κ3) is 2.25. The highest BCUT2D eigenvalue weighted by molar-refractivity contribution is 7.22. The summed E-state index contributed by atoms with van der Waals surface area (Å²) >= 11 is 1.79. The number of ether oxygens (including phenoxy) is 2. The van der Waals surface area contributed by atoms with E-state index in [9.17, 15) is 0 Å². The molecular formula is C17H16O2S. The van der Waals surface area contributed by atoms with Crippen LogP contribution in [0, 0.1) is 6.92 Å². The molecule has 0 bridgehead atoms. The second kappa shape index (κ2) is 5.17. The Balaban J connectivity index is 2.14. The van der Waals surface area contributed by atoms with E-state index < -0.39 is 0 Å². The van der Waals surface area contributed by atoms with E-state index in [1.165, 1.54) is 20.5 Å². The molecule has 0 N–H and O–H groups in total. The molecule has 0 amide bonds. The largest absolute Gasteiger partial charge is 0.497 e. The number of hydrogen-bond acceptors (Lipinski definition) is 3. The fraction of sp³-hybridized carbons (Fsp3) is 0.176. The van der Waals surface area contributed by atoms with Crippen molar-refractivity contribution in [3.63, 3.8) is 0 Å². The Morgan fingerprint density at radius 1 is 0.900 bits per heavy atom. The summed E-state index contributed by atoms with van der Waals surface area (Å²) in [6.07, 6.45) is 0. The van der Waals surface area contributed by atoms with Crippen LogP contribution in [0.15, 0.2) is 42.5 Å². The third-order valence-corrected chi connectivity index (χ3v) is 4.48. The first-order chi connectivity index (χ1) is 9.71. The summed E-state index contributed by atoms with van der Waals surface area (Å²) in [5.41, 5.74) is 2.39. The van der Waals surface area contributed by atoms with Crippen molar-refractivity contribution in [3.05, 3.63) is 48.0 Å². The molecule has 0 saturated carbocycles. The van der Waals surface area contributed by atoms with Crippen molar-refractivity contribution in [1.82, 2.24) is 0 Å². The summed E-state index contributed by atoms with van der Waals surface area (Å²) in [5, 5.41) is 1.27. The first-order valence-electron chi connectivity index (χ1n) is 6.44. The minimum Gasteiger partial charge on any atom is -0.497 e. The van der Waals surface area contributed by atoms with Crippen molar-refractivity contribution in [2.45, 2.75) is 6.92 Å². The van der Waals surface area contributed by atoms with Crippen LogP contribution < -0.4 is 9.47 Å². The second-order valence-corrected chi connectivity index (χ2v) is 5.80. The predicted molar refractivity (Wildman–Crippen MR) is 85.1 cm³/mol. The zero-order chi connectivity index (χ0) is 14.1. The molecule has 3 heteroatoms. The molecule has 1 aromatic heterocycles. The summed E-state index contributed by atoms with van der Waals surface area (Å²) in [6.45, 7) is 2.12. The Morgan fingerprint density at radius 3 is 2.50 bits per heavy atom. The molecule has 3 rings (SSSR count). The Kier molecular flexibility index (Phi) is 3.36. The van der Waals surface area contributed by atoms with Crippen molar-refractivity contribution in [2.24, 2.45) is 0 Å². The summed E-state index contributed by atoms with van der Waals surface area (Å²) in [4.78, 5) is 1.21. The molecule has 0 aliphatic heterocycles. The number of fused-ring (bicyclic) bond motifs is 1. The minimum absolute atomic E-state index is 0.808. The van der Waals surface area contributed by atoms with E-state index in [0.717, 1.165) is 17.1 Å². The molecule has 0 aliphatic rings. The standard InChI is InChI=1S/C17H16O2S/c1-11-4-5-12-9-17(20-16(12)8-11)14-7-6-13(18-2)10-15(14)19-3/h4-10H,1-3H3. The van der Waals surface area contributed by atoms with Gasteiger partial charge in [-0.1, -0.05) is 12.1 Å². The monoisotopic (exact) mass is 284 g/mol. The van der Waals surface area contributed by atoms with Gasteiger partial charge in [0.25, 0.3) is 0 Å². The summed E-state index contributed by atoms with van der Waals surface area (Å²) in [6, 6.07) is 14.7. The van der Waals surface area contributed by atoms with Crippen LogP contribution in [-0.2, 0) is 0 Å². The Hall–Kier alpha value is -2.00. The number of benzene rings is 2. The topological polar surface area (TPSA) is 18.5 Å². The van der Waals surface area contributed by atoms with Gasteiger partial charge in [0, 0.05) is 21.2 Å². The van der Waals surface area contributed by atoms with Gasteiger partial charge in [-0.15, -0.1) is 11.3 Å². The molecular weight excluding hydrogens is 268 g/mol. The van der Waals surface area contributed by atoms with Gasteiger partial charge >= 0.3 is 0 Å². The van der Waals surface area contributed by atoms with Gasteiger partial charge in [0.2, 0.25) is 0 Å². The molecule has 0 aliphatic carbocycles. The average Bonchev–Trinajstić information content (AvgIpc) is 2.89. The van der Waals surface area contributed by atoms with Crippen molar-refractivity contribution in [2.75, 3.05) is 14.2 Å². The molecule has 3 aromatic rings. The normalized spacial score (nSPS) is 10.8.